The van der Waals surface area contributed by atoms with Gasteiger partial charge in [-0.05, 0) is 109 Å². The summed E-state index contributed by atoms with van der Waals surface area (Å²) in [6.07, 6.45) is 10.3. The van der Waals surface area contributed by atoms with Crippen molar-refractivity contribution in [1.29, 1.82) is 0 Å². The molecule has 0 saturated carbocycles. The quantitative estimate of drug-likeness (QED) is 0.368. The van der Waals surface area contributed by atoms with Gasteiger partial charge in [-0.2, -0.15) is 5.10 Å². The van der Waals surface area contributed by atoms with E-state index >= 15 is 0 Å². The van der Waals surface area contributed by atoms with Crippen LogP contribution in [-0.4, -0.2) is 88.7 Å². The van der Waals surface area contributed by atoms with E-state index in [1.54, 1.807) is 13.2 Å². The highest BCUT2D eigenvalue weighted by Crippen LogP contribution is 2.42. The summed E-state index contributed by atoms with van der Waals surface area (Å²) >= 11 is 3.43. The largest absolute Gasteiger partial charge is 0.379 e. The van der Waals surface area contributed by atoms with E-state index in [-0.39, 0.29) is 34.7 Å². The molecular weight excluding hydrogens is 696 g/mol. The number of carbonyl (C=O) groups excluding carboxylic acids is 2. The van der Waals surface area contributed by atoms with Gasteiger partial charge >= 0.3 is 0 Å². The number of nitrogens with one attached hydrogen (secondary N) is 2. The molecule has 4 fully saturated rings. The molecule has 0 aliphatic carbocycles. The fourth-order valence-electron chi connectivity index (χ4n) is 8.35. The van der Waals surface area contributed by atoms with Gasteiger partial charge in [-0.25, -0.2) is 9.67 Å². The van der Waals surface area contributed by atoms with Gasteiger partial charge in [0.15, 0.2) is 0 Å². The van der Waals surface area contributed by atoms with Crippen molar-refractivity contribution in [1.82, 2.24) is 29.9 Å². The summed E-state index contributed by atoms with van der Waals surface area (Å²) in [5.41, 5.74) is 4.55. The van der Waals surface area contributed by atoms with Crippen molar-refractivity contribution in [3.05, 3.63) is 92.6 Å². The number of hydrogen-bond donors (Lipinski definition) is 2. The first kappa shape index (κ1) is 34.4. The van der Waals surface area contributed by atoms with E-state index in [0.29, 0.717) is 16.1 Å². The van der Waals surface area contributed by atoms with Gasteiger partial charge in [0, 0.05) is 69.8 Å². The zero-order valence-electron chi connectivity index (χ0n) is 29.0. The molecule has 2 amide bonds. The van der Waals surface area contributed by atoms with E-state index in [0.717, 1.165) is 107 Å². The van der Waals surface area contributed by atoms with Gasteiger partial charge in [0.05, 0.1) is 17.8 Å². The number of halogens is 1. The Kier molecular flexibility index (Phi) is 9.85. The molecule has 264 valence electrons. The van der Waals surface area contributed by atoms with Gasteiger partial charge in [-0.15, -0.1) is 0 Å². The number of benzene rings is 1. The number of likely N-dealkylation sites (N-methyl/N-ethyl adjacent to an activating group) is 1. The monoisotopic (exact) mass is 742 g/mol. The summed E-state index contributed by atoms with van der Waals surface area (Å²) in [6.45, 7) is 9.17. The van der Waals surface area contributed by atoms with Crippen LogP contribution in [0.1, 0.15) is 78.3 Å². The Morgan fingerprint density at radius 1 is 0.960 bits per heavy atom. The molecule has 3 unspecified atom stereocenters. The normalized spacial score (nSPS) is 24.3. The zero-order valence-corrected chi connectivity index (χ0v) is 30.6. The van der Waals surface area contributed by atoms with Crippen molar-refractivity contribution < 1.29 is 9.59 Å². The molecule has 1 aromatic carbocycles. The SMILES string of the molecule is C=C1CCC(c2ccc(N3CCC4(CCN(C(=O)c5ccc(C6CC(Nc7cnn(C)c(=O)c7Br)CN(C)C6)cc5)CC4)CC3)nc2)C(=O)N1. The molecule has 12 heteroatoms. The number of rotatable bonds is 6. The minimum Gasteiger partial charge on any atom is -0.379 e. The van der Waals surface area contributed by atoms with Crippen LogP contribution in [-0.2, 0) is 11.8 Å². The molecule has 2 N–H and O–H groups in total. The molecule has 0 radical (unpaired) electrons. The van der Waals surface area contributed by atoms with Crippen LogP contribution in [0.3, 0.4) is 0 Å². The number of nitrogens with zero attached hydrogens (tertiary/aromatic N) is 6. The highest BCUT2D eigenvalue weighted by molar-refractivity contribution is 9.10. The molecular formula is C38H47BrN8O3. The molecule has 0 bridgehead atoms. The van der Waals surface area contributed by atoms with Crippen molar-refractivity contribution in [3.8, 4) is 0 Å². The Bertz CT molecular complexity index is 1790. The second kappa shape index (κ2) is 14.3. The number of aryl methyl sites for hydroxylation is 1. The van der Waals surface area contributed by atoms with Crippen molar-refractivity contribution in [2.45, 2.75) is 62.8 Å². The molecule has 4 saturated heterocycles. The third-order valence-electron chi connectivity index (χ3n) is 11.5. The summed E-state index contributed by atoms with van der Waals surface area (Å²) in [5.74, 6) is 1.25. The number of amides is 2. The maximum atomic E-state index is 13.6. The minimum atomic E-state index is -0.166. The second-order valence-corrected chi connectivity index (χ2v) is 15.6. The smallest absolute Gasteiger partial charge is 0.282 e. The van der Waals surface area contributed by atoms with E-state index in [2.05, 4.69) is 79.4 Å². The Balaban J connectivity index is 0.901. The number of allylic oxidation sites excluding steroid dienone is 1. The first-order valence-electron chi connectivity index (χ1n) is 17.8. The first-order chi connectivity index (χ1) is 24.1. The van der Waals surface area contributed by atoms with Crippen LogP contribution in [0.25, 0.3) is 0 Å². The van der Waals surface area contributed by atoms with Crippen LogP contribution in [0.5, 0.6) is 0 Å². The maximum absolute atomic E-state index is 13.6. The maximum Gasteiger partial charge on any atom is 0.282 e. The van der Waals surface area contributed by atoms with Gasteiger partial charge in [-0.3, -0.25) is 14.4 Å². The lowest BCUT2D eigenvalue weighted by Gasteiger charge is -2.47. The van der Waals surface area contributed by atoms with Crippen LogP contribution in [0.2, 0.25) is 0 Å². The standard InChI is InChI=1S/C38H47BrN8O3/c1-25-4-10-31(35(48)42-25)28-9-11-33(40-21-28)46-16-12-38(13-17-46)14-18-47(19-15-38)36(49)27-7-5-26(6-8-27)29-20-30(24-44(2)23-29)43-32-22-41-45(3)37(50)34(32)39/h5-9,11,21-22,29-31,43H,1,4,10,12-20,23-24H2,2-3H3,(H,42,48). The van der Waals surface area contributed by atoms with E-state index in [4.69, 9.17) is 4.98 Å². The molecule has 4 aliphatic rings. The molecule has 1 spiro atoms. The van der Waals surface area contributed by atoms with Crippen molar-refractivity contribution in [2.24, 2.45) is 12.5 Å². The number of aromatic nitrogens is 3. The number of likely N-dealkylation sites (tertiary alicyclic amines) is 2. The van der Waals surface area contributed by atoms with Gasteiger partial charge in [0.2, 0.25) is 5.91 Å². The number of piperidine rings is 4. The number of hydrogen-bond acceptors (Lipinski definition) is 8. The van der Waals surface area contributed by atoms with Crippen molar-refractivity contribution in [2.75, 3.05) is 56.5 Å². The molecule has 3 aromatic rings. The van der Waals surface area contributed by atoms with Crippen LogP contribution in [0, 0.1) is 5.41 Å². The third-order valence-corrected chi connectivity index (χ3v) is 12.3. The molecule has 2 aromatic heterocycles. The number of pyridine rings is 1. The van der Waals surface area contributed by atoms with E-state index < -0.39 is 0 Å². The van der Waals surface area contributed by atoms with Crippen LogP contribution >= 0.6 is 15.9 Å². The van der Waals surface area contributed by atoms with E-state index in [1.165, 1.54) is 10.2 Å². The third kappa shape index (κ3) is 7.23. The molecule has 7 rings (SSSR count). The Labute approximate surface area is 302 Å². The van der Waals surface area contributed by atoms with Crippen LogP contribution in [0.15, 0.2) is 70.3 Å². The van der Waals surface area contributed by atoms with Crippen LogP contribution < -0.4 is 21.1 Å². The predicted octanol–water partition coefficient (Wildman–Crippen LogP) is 4.87. The van der Waals surface area contributed by atoms with Gasteiger partial charge < -0.3 is 25.3 Å². The number of anilines is 2. The highest BCUT2D eigenvalue weighted by Gasteiger charge is 2.39. The fourth-order valence-corrected chi connectivity index (χ4v) is 8.83. The Hall–Kier alpha value is -4.03. The van der Waals surface area contributed by atoms with Gasteiger partial charge in [0.1, 0.15) is 10.3 Å². The molecule has 4 aliphatic heterocycles. The van der Waals surface area contributed by atoms with Gasteiger partial charge in [0.25, 0.3) is 11.5 Å². The second-order valence-electron chi connectivity index (χ2n) is 14.8. The summed E-state index contributed by atoms with van der Waals surface area (Å²) < 4.78 is 1.81. The average molecular weight is 744 g/mol. The molecule has 6 heterocycles. The summed E-state index contributed by atoms with van der Waals surface area (Å²) in [6, 6.07) is 12.5. The highest BCUT2D eigenvalue weighted by atomic mass is 79.9. The fraction of sp³-hybridized carbons (Fsp3) is 0.500. The van der Waals surface area contributed by atoms with Crippen molar-refractivity contribution >= 4 is 39.2 Å². The van der Waals surface area contributed by atoms with Gasteiger partial charge in [-0.1, -0.05) is 24.8 Å². The lowest BCUT2D eigenvalue weighted by molar-refractivity contribution is -0.122. The lowest BCUT2D eigenvalue weighted by atomic mass is 9.71. The van der Waals surface area contributed by atoms with Crippen molar-refractivity contribution in [3.63, 3.8) is 0 Å². The predicted molar refractivity (Wildman–Crippen MR) is 198 cm³/mol. The van der Waals surface area contributed by atoms with Crippen LogP contribution in [0.4, 0.5) is 11.5 Å². The molecule has 3 atom stereocenters. The first-order valence-corrected chi connectivity index (χ1v) is 18.6. The summed E-state index contributed by atoms with van der Waals surface area (Å²) in [5, 5.41) is 10.6. The minimum absolute atomic E-state index is 0.0132. The average Bonchev–Trinajstić information content (AvgIpc) is 3.12. The summed E-state index contributed by atoms with van der Waals surface area (Å²) in [4.78, 5) is 49.8. The summed E-state index contributed by atoms with van der Waals surface area (Å²) in [7, 11) is 3.76. The number of carbonyl (C=O) groups is 2. The van der Waals surface area contributed by atoms with E-state index in [1.807, 2.05) is 23.2 Å². The zero-order chi connectivity index (χ0) is 35.0. The van der Waals surface area contributed by atoms with E-state index in [9.17, 15) is 14.4 Å². The topological polar surface area (TPSA) is 116 Å². The lowest BCUT2D eigenvalue weighted by Crippen LogP contribution is -2.48. The Morgan fingerprint density at radius 3 is 2.34 bits per heavy atom. The Morgan fingerprint density at radius 2 is 1.66 bits per heavy atom. The molecule has 50 heavy (non-hydrogen) atoms. The molecule has 11 nitrogen and oxygen atoms in total.